The lowest BCUT2D eigenvalue weighted by Crippen LogP contribution is -2.22. The molecule has 0 radical (unpaired) electrons. The molecule has 1 aromatic heterocycles. The van der Waals surface area contributed by atoms with E-state index in [2.05, 4.69) is 48.5 Å². The Bertz CT molecular complexity index is 294. The third kappa shape index (κ3) is 2.99. The molecule has 2 unspecified atom stereocenters. The maximum atomic E-state index is 4.04. The lowest BCUT2D eigenvalue weighted by atomic mass is 9.98. The van der Waals surface area contributed by atoms with Crippen LogP contribution in [0.2, 0.25) is 0 Å². The fourth-order valence-electron chi connectivity index (χ4n) is 1.26. The molecule has 1 rings (SSSR count). The van der Waals surface area contributed by atoms with E-state index in [1.807, 2.05) is 11.7 Å². The molecule has 5 heteroatoms. The summed E-state index contributed by atoms with van der Waals surface area (Å²) in [6, 6.07) is 0.194. The third-order valence-electron chi connectivity index (χ3n) is 2.98. The van der Waals surface area contributed by atoms with Gasteiger partial charge >= 0.3 is 0 Å². The fourth-order valence-corrected chi connectivity index (χ4v) is 1.26. The van der Waals surface area contributed by atoms with E-state index in [1.54, 1.807) is 0 Å². The summed E-state index contributed by atoms with van der Waals surface area (Å²) in [5.74, 6) is 2.13. The monoisotopic (exact) mass is 211 g/mol. The zero-order valence-corrected chi connectivity index (χ0v) is 10.2. The molecule has 15 heavy (non-hydrogen) atoms. The first-order valence-corrected chi connectivity index (χ1v) is 5.49. The summed E-state index contributed by atoms with van der Waals surface area (Å²) in [7, 11) is 1.91. The second-order valence-electron chi connectivity index (χ2n) is 4.45. The molecular weight excluding hydrogens is 190 g/mol. The zero-order valence-electron chi connectivity index (χ0n) is 10.2. The highest BCUT2D eigenvalue weighted by Gasteiger charge is 2.16. The van der Waals surface area contributed by atoms with Crippen molar-refractivity contribution in [3.05, 3.63) is 5.82 Å². The smallest absolute Gasteiger partial charge is 0.167 e. The van der Waals surface area contributed by atoms with Crippen LogP contribution < -0.4 is 5.32 Å². The number of aromatic nitrogens is 4. The van der Waals surface area contributed by atoms with Gasteiger partial charge in [0.1, 0.15) is 0 Å². The molecule has 1 heterocycles. The summed E-state index contributed by atoms with van der Waals surface area (Å²) in [6.07, 6.45) is 0. The van der Waals surface area contributed by atoms with Crippen LogP contribution in [-0.4, -0.2) is 27.3 Å². The second-order valence-corrected chi connectivity index (χ2v) is 4.45. The Labute approximate surface area is 91.2 Å². The average Bonchev–Trinajstić information content (AvgIpc) is 2.64. The normalized spacial score (nSPS) is 15.6. The van der Waals surface area contributed by atoms with E-state index in [9.17, 15) is 0 Å². The highest BCUT2D eigenvalue weighted by molar-refractivity contribution is 4.89. The van der Waals surface area contributed by atoms with Gasteiger partial charge in [0.05, 0.1) is 6.04 Å². The van der Waals surface area contributed by atoms with Gasteiger partial charge in [-0.2, -0.15) is 0 Å². The Kier molecular flexibility index (Phi) is 4.20. The maximum absolute atomic E-state index is 4.04. The highest BCUT2D eigenvalue weighted by Crippen LogP contribution is 2.14. The van der Waals surface area contributed by atoms with Crippen LogP contribution in [0.1, 0.15) is 39.6 Å². The number of hydrogen-bond donors (Lipinski definition) is 1. The van der Waals surface area contributed by atoms with Gasteiger partial charge in [-0.05, 0) is 36.2 Å². The number of nitrogens with zero attached hydrogens (tertiary/aromatic N) is 4. The minimum atomic E-state index is 0.194. The van der Waals surface area contributed by atoms with Crippen molar-refractivity contribution >= 4 is 0 Å². The van der Waals surface area contributed by atoms with Crippen molar-refractivity contribution < 1.29 is 0 Å². The molecule has 1 aromatic rings. The molecule has 0 amide bonds. The predicted octanol–water partition coefficient (Wildman–Crippen LogP) is 1.25. The largest absolute Gasteiger partial charge is 0.311 e. The third-order valence-corrected chi connectivity index (χ3v) is 2.98. The van der Waals surface area contributed by atoms with Gasteiger partial charge in [-0.15, -0.1) is 5.10 Å². The van der Waals surface area contributed by atoms with Crippen LogP contribution in [0.15, 0.2) is 0 Å². The van der Waals surface area contributed by atoms with E-state index in [4.69, 9.17) is 0 Å². The second kappa shape index (κ2) is 5.21. The van der Waals surface area contributed by atoms with E-state index in [-0.39, 0.29) is 6.04 Å². The topological polar surface area (TPSA) is 55.6 Å². The highest BCUT2D eigenvalue weighted by atomic mass is 15.5. The van der Waals surface area contributed by atoms with Crippen LogP contribution in [-0.2, 0) is 6.54 Å². The molecule has 0 aliphatic carbocycles. The van der Waals surface area contributed by atoms with Gasteiger partial charge in [0.15, 0.2) is 5.82 Å². The number of rotatable bonds is 5. The number of tetrazole rings is 1. The van der Waals surface area contributed by atoms with Crippen molar-refractivity contribution in [1.29, 1.82) is 0 Å². The molecular formula is C10H21N5. The summed E-state index contributed by atoms with van der Waals surface area (Å²) >= 11 is 0. The molecule has 1 N–H and O–H groups in total. The first kappa shape index (κ1) is 12.1. The number of hydrogen-bond acceptors (Lipinski definition) is 4. The maximum Gasteiger partial charge on any atom is 0.167 e. The van der Waals surface area contributed by atoms with Crippen LogP contribution in [0.4, 0.5) is 0 Å². The SMILES string of the molecule is CNC(C)c1nnnn1CC(C)C(C)C. The molecule has 0 aliphatic heterocycles. The summed E-state index contributed by atoms with van der Waals surface area (Å²) in [6.45, 7) is 9.60. The standard InChI is InChI=1S/C10H21N5/c1-7(2)8(3)6-15-10(9(4)11-5)12-13-14-15/h7-9,11H,6H2,1-5H3. The Balaban J connectivity index is 2.73. The van der Waals surface area contributed by atoms with Crippen molar-refractivity contribution in [3.63, 3.8) is 0 Å². The first-order valence-electron chi connectivity index (χ1n) is 5.49. The lowest BCUT2D eigenvalue weighted by Gasteiger charge is -2.17. The van der Waals surface area contributed by atoms with Crippen LogP contribution in [0.3, 0.4) is 0 Å². The van der Waals surface area contributed by atoms with Crippen molar-refractivity contribution in [2.24, 2.45) is 11.8 Å². The van der Waals surface area contributed by atoms with E-state index < -0.39 is 0 Å². The summed E-state index contributed by atoms with van der Waals surface area (Å²) < 4.78 is 1.89. The Morgan fingerprint density at radius 3 is 2.47 bits per heavy atom. The van der Waals surface area contributed by atoms with Gasteiger partial charge in [-0.25, -0.2) is 4.68 Å². The Hall–Kier alpha value is -0.970. The van der Waals surface area contributed by atoms with E-state index in [0.29, 0.717) is 11.8 Å². The van der Waals surface area contributed by atoms with Crippen LogP contribution in [0, 0.1) is 11.8 Å². The quantitative estimate of drug-likeness (QED) is 0.796. The molecule has 5 nitrogen and oxygen atoms in total. The molecule has 86 valence electrons. The summed E-state index contributed by atoms with van der Waals surface area (Å²) in [5.41, 5.74) is 0. The molecule has 2 atom stereocenters. The van der Waals surface area contributed by atoms with Crippen molar-refractivity contribution in [1.82, 2.24) is 25.5 Å². The van der Waals surface area contributed by atoms with Crippen molar-refractivity contribution in [2.45, 2.75) is 40.3 Å². The van der Waals surface area contributed by atoms with E-state index in [0.717, 1.165) is 12.4 Å². The van der Waals surface area contributed by atoms with Crippen molar-refractivity contribution in [3.8, 4) is 0 Å². The van der Waals surface area contributed by atoms with E-state index >= 15 is 0 Å². The van der Waals surface area contributed by atoms with E-state index in [1.165, 1.54) is 0 Å². The summed E-state index contributed by atoms with van der Waals surface area (Å²) in [5, 5.41) is 14.9. The molecule has 0 aromatic carbocycles. The predicted molar refractivity (Wildman–Crippen MR) is 59.3 cm³/mol. The molecule has 0 spiro atoms. The van der Waals surface area contributed by atoms with Gasteiger partial charge in [0.25, 0.3) is 0 Å². The van der Waals surface area contributed by atoms with Gasteiger partial charge in [0, 0.05) is 6.54 Å². The molecule has 0 fully saturated rings. The van der Waals surface area contributed by atoms with Gasteiger partial charge in [-0.1, -0.05) is 20.8 Å². The first-order chi connectivity index (χ1) is 7.06. The minimum absolute atomic E-state index is 0.194. The van der Waals surface area contributed by atoms with Crippen LogP contribution in [0.25, 0.3) is 0 Å². The Morgan fingerprint density at radius 2 is 1.93 bits per heavy atom. The van der Waals surface area contributed by atoms with Gasteiger partial charge < -0.3 is 5.32 Å². The molecule has 0 bridgehead atoms. The summed E-state index contributed by atoms with van der Waals surface area (Å²) in [4.78, 5) is 0. The Morgan fingerprint density at radius 1 is 1.27 bits per heavy atom. The fraction of sp³-hybridized carbons (Fsp3) is 0.900. The molecule has 0 aliphatic rings. The average molecular weight is 211 g/mol. The van der Waals surface area contributed by atoms with Crippen molar-refractivity contribution in [2.75, 3.05) is 7.05 Å². The van der Waals surface area contributed by atoms with Crippen LogP contribution in [0.5, 0.6) is 0 Å². The van der Waals surface area contributed by atoms with Crippen LogP contribution >= 0.6 is 0 Å². The molecule has 0 saturated heterocycles. The zero-order chi connectivity index (χ0) is 11.4. The lowest BCUT2D eigenvalue weighted by molar-refractivity contribution is 0.334. The number of nitrogens with one attached hydrogen (secondary N) is 1. The minimum Gasteiger partial charge on any atom is -0.311 e. The van der Waals surface area contributed by atoms with Gasteiger partial charge in [0.2, 0.25) is 0 Å². The molecule has 0 saturated carbocycles. The van der Waals surface area contributed by atoms with Gasteiger partial charge in [-0.3, -0.25) is 0 Å².